The molecule has 25 heavy (non-hydrogen) atoms. The van der Waals surface area contributed by atoms with Crippen LogP contribution in [0.25, 0.3) is 10.9 Å². The Kier molecular flexibility index (Phi) is 5.41. The number of aliphatic carboxylic acids is 1. The second kappa shape index (κ2) is 7.33. The van der Waals surface area contributed by atoms with Gasteiger partial charge in [0, 0.05) is 0 Å². The summed E-state index contributed by atoms with van der Waals surface area (Å²) in [6, 6.07) is 4.24. The normalized spacial score (nSPS) is 14.7. The van der Waals surface area contributed by atoms with E-state index in [1.165, 1.54) is 6.92 Å². The Morgan fingerprint density at radius 2 is 1.88 bits per heavy atom. The summed E-state index contributed by atoms with van der Waals surface area (Å²) in [5, 5.41) is 12.0. The van der Waals surface area contributed by atoms with E-state index < -0.39 is 35.2 Å². The molecule has 1 aromatic carbocycles. The van der Waals surface area contributed by atoms with E-state index in [1.54, 1.807) is 31.2 Å². The van der Waals surface area contributed by atoms with Gasteiger partial charge in [0.15, 0.2) is 0 Å². The SMILES string of the molecule is CC[C@H](C)[C@@H](NC(=O)[C@H](C)n1c(=O)[nH]c2ccccc2c1=O)C(=O)O. The summed E-state index contributed by atoms with van der Waals surface area (Å²) in [7, 11) is 0. The van der Waals surface area contributed by atoms with E-state index in [9.17, 15) is 24.3 Å². The summed E-state index contributed by atoms with van der Waals surface area (Å²) < 4.78 is 0.799. The Bertz CT molecular complexity index is 914. The molecule has 3 N–H and O–H groups in total. The largest absolute Gasteiger partial charge is 0.480 e. The number of carbonyl (C=O) groups excluding carboxylic acids is 1. The molecule has 1 heterocycles. The number of carboxylic acids is 1. The zero-order valence-corrected chi connectivity index (χ0v) is 14.3. The monoisotopic (exact) mass is 347 g/mol. The molecule has 8 nitrogen and oxygen atoms in total. The number of nitrogens with one attached hydrogen (secondary N) is 2. The molecule has 2 rings (SSSR count). The van der Waals surface area contributed by atoms with Gasteiger partial charge in [-0.05, 0) is 25.0 Å². The highest BCUT2D eigenvalue weighted by molar-refractivity contribution is 5.86. The number of carbonyl (C=O) groups is 2. The fraction of sp³-hybridized carbons (Fsp3) is 0.412. The van der Waals surface area contributed by atoms with Crippen LogP contribution in [0.5, 0.6) is 0 Å². The average Bonchev–Trinajstić information content (AvgIpc) is 2.58. The molecule has 0 aliphatic heterocycles. The van der Waals surface area contributed by atoms with Gasteiger partial charge in [0.1, 0.15) is 12.1 Å². The van der Waals surface area contributed by atoms with Gasteiger partial charge in [0.2, 0.25) is 5.91 Å². The van der Waals surface area contributed by atoms with Crippen molar-refractivity contribution in [2.24, 2.45) is 5.92 Å². The number of H-pyrrole nitrogens is 1. The van der Waals surface area contributed by atoms with Crippen LogP contribution in [0.1, 0.15) is 33.2 Å². The maximum Gasteiger partial charge on any atom is 0.329 e. The molecular formula is C17H21N3O5. The van der Waals surface area contributed by atoms with E-state index in [1.807, 2.05) is 6.92 Å². The van der Waals surface area contributed by atoms with Gasteiger partial charge in [-0.1, -0.05) is 32.4 Å². The van der Waals surface area contributed by atoms with Gasteiger partial charge in [-0.25, -0.2) is 14.2 Å². The van der Waals surface area contributed by atoms with Gasteiger partial charge >= 0.3 is 11.7 Å². The molecule has 1 aromatic heterocycles. The van der Waals surface area contributed by atoms with E-state index in [-0.39, 0.29) is 11.3 Å². The van der Waals surface area contributed by atoms with E-state index in [0.717, 1.165) is 4.57 Å². The number of rotatable bonds is 6. The molecule has 0 fully saturated rings. The second-order valence-electron chi connectivity index (χ2n) is 6.04. The molecule has 134 valence electrons. The summed E-state index contributed by atoms with van der Waals surface area (Å²) in [6.07, 6.45) is 0.558. The number of nitrogens with zero attached hydrogens (tertiary/aromatic N) is 1. The van der Waals surface area contributed by atoms with Gasteiger partial charge in [-0.2, -0.15) is 0 Å². The maximum absolute atomic E-state index is 12.6. The number of aromatic nitrogens is 2. The third-order valence-corrected chi connectivity index (χ3v) is 4.38. The van der Waals surface area contributed by atoms with Crippen LogP contribution < -0.4 is 16.6 Å². The molecule has 0 unspecified atom stereocenters. The molecule has 3 atom stereocenters. The first kappa shape index (κ1) is 18.4. The van der Waals surface area contributed by atoms with Crippen molar-refractivity contribution >= 4 is 22.8 Å². The highest BCUT2D eigenvalue weighted by Gasteiger charge is 2.29. The van der Waals surface area contributed by atoms with Crippen molar-refractivity contribution in [2.45, 2.75) is 39.3 Å². The Hall–Kier alpha value is -2.90. The fourth-order valence-corrected chi connectivity index (χ4v) is 2.60. The maximum atomic E-state index is 12.6. The predicted molar refractivity (Wildman–Crippen MR) is 92.6 cm³/mol. The minimum absolute atomic E-state index is 0.276. The molecule has 0 radical (unpaired) electrons. The van der Waals surface area contributed by atoms with Gasteiger partial charge < -0.3 is 15.4 Å². The zero-order chi connectivity index (χ0) is 18.7. The number of para-hydroxylation sites is 1. The molecule has 2 aromatic rings. The number of carboxylic acid groups (broad SMARTS) is 1. The van der Waals surface area contributed by atoms with Crippen LogP contribution in [-0.4, -0.2) is 32.6 Å². The number of fused-ring (bicyclic) bond motifs is 1. The highest BCUT2D eigenvalue weighted by atomic mass is 16.4. The van der Waals surface area contributed by atoms with E-state index in [4.69, 9.17) is 0 Å². The lowest BCUT2D eigenvalue weighted by Crippen LogP contribution is -2.50. The van der Waals surface area contributed by atoms with Crippen LogP contribution in [0.4, 0.5) is 0 Å². The van der Waals surface area contributed by atoms with E-state index in [2.05, 4.69) is 10.3 Å². The summed E-state index contributed by atoms with van der Waals surface area (Å²) in [5.41, 5.74) is -0.941. The summed E-state index contributed by atoms with van der Waals surface area (Å²) in [6.45, 7) is 4.91. The fourth-order valence-electron chi connectivity index (χ4n) is 2.60. The third-order valence-electron chi connectivity index (χ3n) is 4.38. The number of hydrogen-bond acceptors (Lipinski definition) is 4. The Morgan fingerprint density at radius 3 is 2.48 bits per heavy atom. The van der Waals surface area contributed by atoms with Crippen molar-refractivity contribution in [2.75, 3.05) is 0 Å². The second-order valence-corrected chi connectivity index (χ2v) is 6.04. The quantitative estimate of drug-likeness (QED) is 0.716. The Balaban J connectivity index is 2.40. The van der Waals surface area contributed by atoms with Crippen LogP contribution in [0.2, 0.25) is 0 Å². The Labute approximate surface area is 143 Å². The smallest absolute Gasteiger partial charge is 0.329 e. The Morgan fingerprint density at radius 1 is 1.24 bits per heavy atom. The molecule has 0 bridgehead atoms. The number of amides is 1. The van der Waals surface area contributed by atoms with Crippen molar-refractivity contribution < 1.29 is 14.7 Å². The van der Waals surface area contributed by atoms with Gasteiger partial charge in [0.25, 0.3) is 5.56 Å². The first-order valence-corrected chi connectivity index (χ1v) is 8.04. The van der Waals surface area contributed by atoms with Gasteiger partial charge in [-0.3, -0.25) is 9.59 Å². The van der Waals surface area contributed by atoms with Crippen LogP contribution in [-0.2, 0) is 9.59 Å². The highest BCUT2D eigenvalue weighted by Crippen LogP contribution is 2.11. The molecule has 0 aliphatic carbocycles. The van der Waals surface area contributed by atoms with Crippen molar-refractivity contribution in [1.82, 2.24) is 14.9 Å². The lowest BCUT2D eigenvalue weighted by Gasteiger charge is -2.22. The van der Waals surface area contributed by atoms with Gasteiger partial charge in [-0.15, -0.1) is 0 Å². The molecule has 0 spiro atoms. The van der Waals surface area contributed by atoms with E-state index >= 15 is 0 Å². The van der Waals surface area contributed by atoms with Gasteiger partial charge in [0.05, 0.1) is 10.9 Å². The number of benzene rings is 1. The topological polar surface area (TPSA) is 121 Å². The molecule has 0 saturated heterocycles. The average molecular weight is 347 g/mol. The minimum atomic E-state index is -1.16. The van der Waals surface area contributed by atoms with Crippen molar-refractivity contribution in [3.8, 4) is 0 Å². The summed E-state index contributed by atoms with van der Waals surface area (Å²) >= 11 is 0. The first-order chi connectivity index (χ1) is 11.8. The molecule has 8 heteroatoms. The van der Waals surface area contributed by atoms with E-state index in [0.29, 0.717) is 11.9 Å². The lowest BCUT2D eigenvalue weighted by molar-refractivity contribution is -0.143. The first-order valence-electron chi connectivity index (χ1n) is 8.04. The summed E-state index contributed by atoms with van der Waals surface area (Å²) in [4.78, 5) is 51.1. The van der Waals surface area contributed by atoms with Crippen molar-refractivity contribution in [3.05, 3.63) is 45.1 Å². The standard InChI is InChI=1S/C17H21N3O5/c1-4-9(2)13(16(23)24)19-14(21)10(3)20-15(22)11-7-5-6-8-12(11)18-17(20)25/h5-10,13H,4H2,1-3H3,(H,18,25)(H,19,21)(H,23,24)/t9-,10-,13+/m0/s1. The van der Waals surface area contributed by atoms with Crippen LogP contribution in [0, 0.1) is 5.92 Å². The lowest BCUT2D eigenvalue weighted by atomic mass is 9.99. The molecule has 0 saturated carbocycles. The van der Waals surface area contributed by atoms with Crippen LogP contribution in [0.15, 0.2) is 33.9 Å². The minimum Gasteiger partial charge on any atom is -0.480 e. The van der Waals surface area contributed by atoms with Crippen LogP contribution >= 0.6 is 0 Å². The number of aromatic amines is 1. The predicted octanol–water partition coefficient (Wildman–Crippen LogP) is 0.866. The van der Waals surface area contributed by atoms with Crippen LogP contribution in [0.3, 0.4) is 0 Å². The summed E-state index contributed by atoms with van der Waals surface area (Å²) in [5.74, 6) is -2.15. The number of hydrogen-bond donors (Lipinski definition) is 3. The molecule has 1 amide bonds. The van der Waals surface area contributed by atoms with Crippen molar-refractivity contribution in [3.63, 3.8) is 0 Å². The molecule has 0 aliphatic rings. The van der Waals surface area contributed by atoms with Crippen molar-refractivity contribution in [1.29, 1.82) is 0 Å². The zero-order valence-electron chi connectivity index (χ0n) is 14.3. The third kappa shape index (κ3) is 3.62. The molecular weight excluding hydrogens is 326 g/mol.